The Morgan fingerprint density at radius 3 is 2.84 bits per heavy atom. The van der Waals surface area contributed by atoms with E-state index in [-0.39, 0.29) is 18.4 Å². The minimum atomic E-state index is -0.511. The van der Waals surface area contributed by atoms with Crippen molar-refractivity contribution in [1.82, 2.24) is 9.55 Å². The second-order valence-electron chi connectivity index (χ2n) is 5.34. The van der Waals surface area contributed by atoms with E-state index in [0.29, 0.717) is 27.4 Å². The summed E-state index contributed by atoms with van der Waals surface area (Å²) in [6.45, 7) is -0.333. The van der Waals surface area contributed by atoms with Gasteiger partial charge in [0.05, 0.1) is 36.1 Å². The maximum Gasteiger partial charge on any atom is 0.268 e. The first-order chi connectivity index (χ1) is 12.1. The van der Waals surface area contributed by atoms with E-state index in [1.807, 2.05) is 0 Å². The number of nitrogens with zero attached hydrogens (tertiary/aromatic N) is 2. The van der Waals surface area contributed by atoms with Gasteiger partial charge in [-0.15, -0.1) is 0 Å². The van der Waals surface area contributed by atoms with Crippen molar-refractivity contribution in [2.45, 2.75) is 6.42 Å². The Hall–Kier alpha value is -2.70. The van der Waals surface area contributed by atoms with Crippen LogP contribution in [0.4, 0.5) is 0 Å². The van der Waals surface area contributed by atoms with Gasteiger partial charge in [-0.1, -0.05) is 23.7 Å². The number of hydrogen-bond acceptors (Lipinski definition) is 5. The molecule has 0 radical (unpaired) electrons. The van der Waals surface area contributed by atoms with Crippen LogP contribution in [0.3, 0.4) is 0 Å². The van der Waals surface area contributed by atoms with E-state index < -0.39 is 11.5 Å². The van der Waals surface area contributed by atoms with Crippen LogP contribution in [0, 0.1) is 0 Å². The summed E-state index contributed by atoms with van der Waals surface area (Å²) in [4.78, 5) is 28.7. The van der Waals surface area contributed by atoms with Crippen LogP contribution in [0.15, 0.2) is 47.5 Å². The lowest BCUT2D eigenvalue weighted by molar-refractivity contribution is 0.0870. The van der Waals surface area contributed by atoms with Crippen molar-refractivity contribution in [2.75, 3.05) is 13.7 Å². The predicted molar refractivity (Wildman–Crippen MR) is 95.3 cm³/mol. The van der Waals surface area contributed by atoms with Crippen molar-refractivity contribution in [3.63, 3.8) is 0 Å². The molecular weight excluding hydrogens is 344 g/mol. The zero-order valence-corrected chi connectivity index (χ0v) is 14.2. The highest BCUT2D eigenvalue weighted by molar-refractivity contribution is 6.33. The summed E-state index contributed by atoms with van der Waals surface area (Å²) < 4.78 is 6.26. The lowest BCUT2D eigenvalue weighted by Crippen LogP contribution is -2.27. The maximum atomic E-state index is 12.6. The second-order valence-corrected chi connectivity index (χ2v) is 5.74. The summed E-state index contributed by atoms with van der Waals surface area (Å²) in [5, 5.41) is 9.67. The molecule has 1 aromatic heterocycles. The van der Waals surface area contributed by atoms with Crippen LogP contribution in [0.25, 0.3) is 22.0 Å². The van der Waals surface area contributed by atoms with Crippen LogP contribution < -0.4 is 10.3 Å². The number of aromatic nitrogens is 2. The Labute approximate surface area is 148 Å². The molecule has 2 aromatic carbocycles. The Morgan fingerprint density at radius 2 is 2.12 bits per heavy atom. The number of aliphatic hydroxyl groups excluding tert-OH is 1. The molecule has 0 atom stereocenters. The molecule has 0 spiro atoms. The summed E-state index contributed by atoms with van der Waals surface area (Å²) in [6.07, 6.45) is 1.03. The van der Waals surface area contributed by atoms with Gasteiger partial charge in [0.1, 0.15) is 12.1 Å². The first-order valence-electron chi connectivity index (χ1n) is 7.55. The van der Waals surface area contributed by atoms with Crippen molar-refractivity contribution < 1.29 is 14.6 Å². The summed E-state index contributed by atoms with van der Waals surface area (Å²) in [6, 6.07) is 10.4. The Morgan fingerprint density at radius 1 is 1.32 bits per heavy atom. The molecule has 0 saturated heterocycles. The molecule has 1 heterocycles. The molecule has 7 heteroatoms. The molecule has 128 valence electrons. The molecule has 0 amide bonds. The van der Waals surface area contributed by atoms with E-state index in [9.17, 15) is 9.59 Å². The van der Waals surface area contributed by atoms with Crippen LogP contribution in [-0.2, 0) is 0 Å². The number of benzene rings is 2. The maximum absolute atomic E-state index is 12.6. The van der Waals surface area contributed by atoms with Crippen molar-refractivity contribution in [2.24, 2.45) is 0 Å². The topological polar surface area (TPSA) is 81.4 Å². The van der Waals surface area contributed by atoms with Gasteiger partial charge in [0, 0.05) is 5.56 Å². The highest BCUT2D eigenvalue weighted by Gasteiger charge is 2.14. The fourth-order valence-electron chi connectivity index (χ4n) is 2.63. The average Bonchev–Trinajstić information content (AvgIpc) is 2.62. The molecule has 0 saturated carbocycles. The lowest BCUT2D eigenvalue weighted by Gasteiger charge is -2.11. The Bertz CT molecular complexity index is 1010. The van der Waals surface area contributed by atoms with Crippen molar-refractivity contribution in [3.05, 3.63) is 58.1 Å². The van der Waals surface area contributed by atoms with E-state index in [1.54, 1.807) is 36.4 Å². The smallest absolute Gasteiger partial charge is 0.268 e. The van der Waals surface area contributed by atoms with E-state index >= 15 is 0 Å². The normalized spacial score (nSPS) is 10.8. The Kier molecular flexibility index (Phi) is 4.83. The molecule has 3 aromatic rings. The first-order valence-corrected chi connectivity index (χ1v) is 7.93. The number of rotatable bonds is 4. The molecule has 25 heavy (non-hydrogen) atoms. The van der Waals surface area contributed by atoms with Crippen LogP contribution in [0.5, 0.6) is 5.75 Å². The standard InChI is InChI=1S/C18H15ClN2O4/c1-25-15-4-2-3-13(19)17(15)11-5-6-14-12(9-11)18(24)21(10-20-14)16(23)7-8-22/h2-6,9-10,22H,7-8H2,1H3. The number of hydrogen-bond donors (Lipinski definition) is 1. The van der Waals surface area contributed by atoms with Crippen molar-refractivity contribution in [1.29, 1.82) is 0 Å². The third-order valence-electron chi connectivity index (χ3n) is 3.84. The third-order valence-corrected chi connectivity index (χ3v) is 4.15. The number of fused-ring (bicyclic) bond motifs is 1. The van der Waals surface area contributed by atoms with Gasteiger partial charge in [-0.25, -0.2) is 9.55 Å². The number of aliphatic hydroxyl groups is 1. The number of carbonyl (C=O) groups excluding carboxylic acids is 1. The first kappa shape index (κ1) is 17.1. The van der Waals surface area contributed by atoms with Gasteiger partial charge in [-0.2, -0.15) is 0 Å². The van der Waals surface area contributed by atoms with E-state index in [1.165, 1.54) is 13.4 Å². The third kappa shape index (κ3) is 3.14. The largest absolute Gasteiger partial charge is 0.496 e. The summed E-state index contributed by atoms with van der Waals surface area (Å²) in [5.41, 5.74) is 1.32. The zero-order chi connectivity index (χ0) is 18.0. The van der Waals surface area contributed by atoms with Crippen LogP contribution in [0.2, 0.25) is 5.02 Å². The van der Waals surface area contributed by atoms with E-state index in [2.05, 4.69) is 4.98 Å². The Balaban J connectivity index is 2.22. The number of halogens is 1. The summed E-state index contributed by atoms with van der Waals surface area (Å²) >= 11 is 6.30. The summed E-state index contributed by atoms with van der Waals surface area (Å²) in [5.74, 6) is 0.0649. The highest BCUT2D eigenvalue weighted by atomic mass is 35.5. The van der Waals surface area contributed by atoms with Gasteiger partial charge in [0.25, 0.3) is 5.56 Å². The number of ether oxygens (including phenoxy) is 1. The van der Waals surface area contributed by atoms with E-state index in [4.69, 9.17) is 21.4 Å². The van der Waals surface area contributed by atoms with Crippen LogP contribution in [0.1, 0.15) is 11.2 Å². The van der Waals surface area contributed by atoms with Gasteiger partial charge in [0.2, 0.25) is 5.91 Å². The van der Waals surface area contributed by atoms with Gasteiger partial charge in [-0.3, -0.25) is 9.59 Å². The van der Waals surface area contributed by atoms with Crippen molar-refractivity contribution in [3.8, 4) is 16.9 Å². The molecule has 1 N–H and O–H groups in total. The molecule has 0 fully saturated rings. The average molecular weight is 359 g/mol. The molecule has 3 rings (SSSR count). The summed E-state index contributed by atoms with van der Waals surface area (Å²) in [7, 11) is 1.54. The van der Waals surface area contributed by atoms with Crippen LogP contribution in [-0.4, -0.2) is 34.3 Å². The molecule has 0 aliphatic carbocycles. The molecule has 0 unspecified atom stereocenters. The second kappa shape index (κ2) is 7.04. The zero-order valence-electron chi connectivity index (χ0n) is 13.4. The monoisotopic (exact) mass is 358 g/mol. The molecule has 0 bridgehead atoms. The predicted octanol–water partition coefficient (Wildman–Crippen LogP) is 2.75. The SMILES string of the molecule is COc1cccc(Cl)c1-c1ccc2ncn(C(=O)CCO)c(=O)c2c1. The highest BCUT2D eigenvalue weighted by Crippen LogP contribution is 2.36. The quantitative estimate of drug-likeness (QED) is 0.775. The van der Waals surface area contributed by atoms with Gasteiger partial charge < -0.3 is 9.84 Å². The van der Waals surface area contributed by atoms with Gasteiger partial charge in [-0.05, 0) is 29.8 Å². The molecule has 6 nitrogen and oxygen atoms in total. The molecule has 0 aliphatic heterocycles. The number of carbonyl (C=O) groups is 1. The molecule has 0 aliphatic rings. The minimum absolute atomic E-state index is 0.148. The van der Waals surface area contributed by atoms with Gasteiger partial charge >= 0.3 is 0 Å². The number of methoxy groups -OCH3 is 1. The van der Waals surface area contributed by atoms with Crippen molar-refractivity contribution >= 4 is 28.4 Å². The fourth-order valence-corrected chi connectivity index (χ4v) is 2.90. The van der Waals surface area contributed by atoms with E-state index in [0.717, 1.165) is 4.57 Å². The van der Waals surface area contributed by atoms with Crippen LogP contribution >= 0.6 is 11.6 Å². The molecular formula is C18H15ClN2O4. The minimum Gasteiger partial charge on any atom is -0.496 e. The van der Waals surface area contributed by atoms with Gasteiger partial charge in [0.15, 0.2) is 0 Å². The lowest BCUT2D eigenvalue weighted by atomic mass is 10.0. The fraction of sp³-hybridized carbons (Fsp3) is 0.167.